The van der Waals surface area contributed by atoms with E-state index in [-0.39, 0.29) is 5.91 Å². The lowest BCUT2D eigenvalue weighted by Gasteiger charge is -2.23. The van der Waals surface area contributed by atoms with Gasteiger partial charge in [-0.3, -0.25) is 4.79 Å². The second kappa shape index (κ2) is 9.07. The first-order valence-electron chi connectivity index (χ1n) is 8.61. The van der Waals surface area contributed by atoms with Gasteiger partial charge in [-0.05, 0) is 42.0 Å². The van der Waals surface area contributed by atoms with Crippen LogP contribution in [0.25, 0.3) is 0 Å². The monoisotopic (exact) mass is 364 g/mol. The Morgan fingerprint density at radius 1 is 0.846 bits per heavy atom. The van der Waals surface area contributed by atoms with E-state index in [2.05, 4.69) is 5.32 Å². The van der Waals surface area contributed by atoms with Crippen LogP contribution in [0.5, 0.6) is 0 Å². The van der Waals surface area contributed by atoms with E-state index in [9.17, 15) is 4.79 Å². The fourth-order valence-corrected chi connectivity index (χ4v) is 2.84. The highest BCUT2D eigenvalue weighted by Crippen LogP contribution is 2.18. The molecule has 0 aliphatic heterocycles. The molecule has 132 valence electrons. The minimum absolute atomic E-state index is 0.0847. The molecule has 0 heterocycles. The van der Waals surface area contributed by atoms with Crippen molar-refractivity contribution in [2.75, 3.05) is 16.8 Å². The molecule has 0 aliphatic rings. The van der Waals surface area contributed by atoms with Gasteiger partial charge >= 0.3 is 0 Å². The minimum Gasteiger partial charge on any atom is -0.385 e. The van der Waals surface area contributed by atoms with Crippen LogP contribution in [-0.2, 0) is 11.3 Å². The summed E-state index contributed by atoms with van der Waals surface area (Å²) >= 11 is 5.89. The summed E-state index contributed by atoms with van der Waals surface area (Å²) < 4.78 is 0. The maximum absolute atomic E-state index is 12.9. The number of carbonyl (C=O) groups is 1. The van der Waals surface area contributed by atoms with Crippen molar-refractivity contribution in [2.45, 2.75) is 13.0 Å². The summed E-state index contributed by atoms with van der Waals surface area (Å²) in [6.45, 7) is 1.13. The molecule has 0 radical (unpaired) electrons. The third kappa shape index (κ3) is 5.11. The van der Waals surface area contributed by atoms with E-state index in [1.807, 2.05) is 89.8 Å². The van der Waals surface area contributed by atoms with E-state index in [4.69, 9.17) is 11.6 Å². The van der Waals surface area contributed by atoms with Gasteiger partial charge in [0.1, 0.15) is 0 Å². The fraction of sp³-hybridized carbons (Fsp3) is 0.136. The van der Waals surface area contributed by atoms with Crippen molar-refractivity contribution in [1.82, 2.24) is 0 Å². The standard InChI is InChI=1S/C22H21ClN2O/c23-19-11-13-20(14-12-19)24-16-15-22(26)25(21-9-5-2-6-10-21)17-18-7-3-1-4-8-18/h1-14,24H,15-17H2. The number of benzene rings is 3. The number of amides is 1. The van der Waals surface area contributed by atoms with Crippen LogP contribution in [0.15, 0.2) is 84.9 Å². The second-order valence-corrected chi connectivity index (χ2v) is 6.42. The lowest BCUT2D eigenvalue weighted by molar-refractivity contribution is -0.118. The van der Waals surface area contributed by atoms with E-state index in [1.54, 1.807) is 0 Å². The number of nitrogens with one attached hydrogen (secondary N) is 1. The molecule has 0 atom stereocenters. The highest BCUT2D eigenvalue weighted by atomic mass is 35.5. The largest absolute Gasteiger partial charge is 0.385 e. The summed E-state index contributed by atoms with van der Waals surface area (Å²) in [5.74, 6) is 0.0847. The number of nitrogens with zero attached hydrogens (tertiary/aromatic N) is 1. The van der Waals surface area contributed by atoms with Crippen LogP contribution < -0.4 is 10.2 Å². The second-order valence-electron chi connectivity index (χ2n) is 5.98. The van der Waals surface area contributed by atoms with Gasteiger partial charge in [0.2, 0.25) is 5.91 Å². The summed E-state index contributed by atoms with van der Waals surface area (Å²) in [7, 11) is 0. The van der Waals surface area contributed by atoms with Crippen LogP contribution in [0.1, 0.15) is 12.0 Å². The molecule has 0 aliphatic carbocycles. The molecule has 3 aromatic carbocycles. The predicted octanol–water partition coefficient (Wildman–Crippen LogP) is 5.38. The van der Waals surface area contributed by atoms with Crippen molar-refractivity contribution < 1.29 is 4.79 Å². The average molecular weight is 365 g/mol. The lowest BCUT2D eigenvalue weighted by Crippen LogP contribution is -2.31. The lowest BCUT2D eigenvalue weighted by atomic mass is 10.2. The number of rotatable bonds is 7. The molecule has 26 heavy (non-hydrogen) atoms. The fourth-order valence-electron chi connectivity index (χ4n) is 2.71. The van der Waals surface area contributed by atoms with Crippen LogP contribution in [0.3, 0.4) is 0 Å². The van der Waals surface area contributed by atoms with Gasteiger partial charge in [0.05, 0.1) is 6.54 Å². The Bertz CT molecular complexity index is 820. The zero-order valence-electron chi connectivity index (χ0n) is 14.4. The zero-order chi connectivity index (χ0) is 18.2. The summed E-state index contributed by atoms with van der Waals surface area (Å²) in [5.41, 5.74) is 2.97. The third-order valence-corrected chi connectivity index (χ3v) is 4.32. The molecule has 4 heteroatoms. The van der Waals surface area contributed by atoms with Crippen molar-refractivity contribution >= 4 is 28.9 Å². The number of para-hydroxylation sites is 1. The minimum atomic E-state index is 0.0847. The highest BCUT2D eigenvalue weighted by molar-refractivity contribution is 6.30. The number of carbonyl (C=O) groups excluding carboxylic acids is 1. The Labute approximate surface area is 159 Å². The molecule has 1 N–H and O–H groups in total. The van der Waals surface area contributed by atoms with Gasteiger partial charge in [-0.15, -0.1) is 0 Å². The van der Waals surface area contributed by atoms with E-state index in [0.717, 1.165) is 16.9 Å². The number of halogens is 1. The predicted molar refractivity (Wildman–Crippen MR) is 109 cm³/mol. The summed E-state index contributed by atoms with van der Waals surface area (Å²) in [6, 6.07) is 27.3. The number of hydrogen-bond acceptors (Lipinski definition) is 2. The molecule has 0 unspecified atom stereocenters. The molecule has 1 amide bonds. The first-order valence-corrected chi connectivity index (χ1v) is 8.99. The van der Waals surface area contributed by atoms with Gasteiger partial charge in [0.15, 0.2) is 0 Å². The molecular weight excluding hydrogens is 344 g/mol. The summed E-state index contributed by atoms with van der Waals surface area (Å²) in [5, 5.41) is 3.97. The molecular formula is C22H21ClN2O. The zero-order valence-corrected chi connectivity index (χ0v) is 15.2. The molecule has 0 bridgehead atoms. The molecule has 0 fully saturated rings. The summed E-state index contributed by atoms with van der Waals surface area (Å²) in [4.78, 5) is 14.7. The van der Waals surface area contributed by atoms with Crippen molar-refractivity contribution in [2.24, 2.45) is 0 Å². The van der Waals surface area contributed by atoms with Crippen molar-refractivity contribution in [3.63, 3.8) is 0 Å². The van der Waals surface area contributed by atoms with E-state index in [1.165, 1.54) is 0 Å². The summed E-state index contributed by atoms with van der Waals surface area (Å²) in [6.07, 6.45) is 0.407. The first-order chi connectivity index (χ1) is 12.7. The van der Waals surface area contributed by atoms with Gasteiger partial charge in [-0.2, -0.15) is 0 Å². The molecule has 3 rings (SSSR count). The Hall–Kier alpha value is -2.78. The maximum Gasteiger partial charge on any atom is 0.229 e. The molecule has 0 saturated carbocycles. The Morgan fingerprint density at radius 3 is 2.12 bits per heavy atom. The smallest absolute Gasteiger partial charge is 0.229 e. The van der Waals surface area contributed by atoms with Crippen molar-refractivity contribution in [3.8, 4) is 0 Å². The Morgan fingerprint density at radius 2 is 1.46 bits per heavy atom. The van der Waals surface area contributed by atoms with E-state index >= 15 is 0 Å². The molecule has 0 spiro atoms. The SMILES string of the molecule is O=C(CCNc1ccc(Cl)cc1)N(Cc1ccccc1)c1ccccc1. The number of anilines is 2. The molecule has 3 aromatic rings. The van der Waals surface area contributed by atoms with Gasteiger partial charge in [0, 0.05) is 29.4 Å². The van der Waals surface area contributed by atoms with Crippen LogP contribution in [0.2, 0.25) is 5.02 Å². The molecule has 0 aromatic heterocycles. The first kappa shape index (κ1) is 18.0. The van der Waals surface area contributed by atoms with E-state index in [0.29, 0.717) is 24.5 Å². The van der Waals surface area contributed by atoms with Crippen molar-refractivity contribution in [1.29, 1.82) is 0 Å². The highest BCUT2D eigenvalue weighted by Gasteiger charge is 2.15. The van der Waals surface area contributed by atoms with Crippen LogP contribution in [0, 0.1) is 0 Å². The molecule has 0 saturated heterocycles. The Kier molecular flexibility index (Phi) is 6.29. The van der Waals surface area contributed by atoms with E-state index < -0.39 is 0 Å². The maximum atomic E-state index is 12.9. The molecule has 3 nitrogen and oxygen atoms in total. The number of hydrogen-bond donors (Lipinski definition) is 1. The van der Waals surface area contributed by atoms with Gasteiger partial charge in [-0.1, -0.05) is 60.1 Å². The van der Waals surface area contributed by atoms with Crippen LogP contribution in [0.4, 0.5) is 11.4 Å². The third-order valence-electron chi connectivity index (χ3n) is 4.06. The van der Waals surface area contributed by atoms with Gasteiger partial charge < -0.3 is 10.2 Å². The van der Waals surface area contributed by atoms with Crippen LogP contribution in [-0.4, -0.2) is 12.5 Å². The van der Waals surface area contributed by atoms with Crippen LogP contribution >= 0.6 is 11.6 Å². The quantitative estimate of drug-likeness (QED) is 0.610. The topological polar surface area (TPSA) is 32.3 Å². The average Bonchev–Trinajstić information content (AvgIpc) is 2.69. The van der Waals surface area contributed by atoms with Gasteiger partial charge in [0.25, 0.3) is 0 Å². The van der Waals surface area contributed by atoms with Gasteiger partial charge in [-0.25, -0.2) is 0 Å². The normalized spacial score (nSPS) is 10.3. The Balaban J connectivity index is 1.65. The van der Waals surface area contributed by atoms with Crippen molar-refractivity contribution in [3.05, 3.63) is 95.5 Å².